The first-order valence-corrected chi connectivity index (χ1v) is 12.5. The number of nitrogens with zero attached hydrogens (tertiary/aromatic N) is 1. The number of hydrogen-bond acceptors (Lipinski definition) is 0. The van der Waals surface area contributed by atoms with E-state index in [1.54, 1.807) is 0 Å². The van der Waals surface area contributed by atoms with Gasteiger partial charge in [-0.2, -0.15) is 0 Å². The second kappa shape index (κ2) is 8.55. The maximum Gasteiger partial charge on any atom is 0.0541 e. The Balaban J connectivity index is 1.16. The van der Waals surface area contributed by atoms with Crippen molar-refractivity contribution in [1.29, 1.82) is 0 Å². The largest absolute Gasteiger partial charge is 0.309 e. The Labute approximate surface area is 210 Å². The van der Waals surface area contributed by atoms with Gasteiger partial charge >= 0.3 is 0 Å². The van der Waals surface area contributed by atoms with Gasteiger partial charge in [-0.05, 0) is 69.8 Å². The minimum atomic E-state index is 0.922. The van der Waals surface area contributed by atoms with Crippen LogP contribution >= 0.6 is 0 Å². The van der Waals surface area contributed by atoms with Crippen LogP contribution in [0, 0.1) is 0 Å². The third-order valence-electron chi connectivity index (χ3n) is 7.22. The highest BCUT2D eigenvalue weighted by Gasteiger charge is 2.11. The van der Waals surface area contributed by atoms with E-state index in [1.807, 2.05) is 0 Å². The van der Waals surface area contributed by atoms with E-state index in [2.05, 4.69) is 144 Å². The fourth-order valence-corrected chi connectivity index (χ4v) is 5.38. The maximum absolute atomic E-state index is 2.37. The average molecular weight is 460 g/mol. The number of rotatable bonds is 4. The molecule has 0 spiro atoms. The Morgan fingerprint density at radius 3 is 1.61 bits per heavy atom. The summed E-state index contributed by atoms with van der Waals surface area (Å²) in [6.07, 6.45) is 0.922. The van der Waals surface area contributed by atoms with Crippen LogP contribution in [0.1, 0.15) is 11.1 Å². The Morgan fingerprint density at radius 2 is 0.944 bits per heavy atom. The van der Waals surface area contributed by atoms with Crippen molar-refractivity contribution in [3.8, 4) is 16.8 Å². The van der Waals surface area contributed by atoms with Gasteiger partial charge in [0.15, 0.2) is 0 Å². The molecule has 7 aromatic rings. The Kier molecular flexibility index (Phi) is 4.92. The van der Waals surface area contributed by atoms with Crippen molar-refractivity contribution in [2.24, 2.45) is 0 Å². The first-order valence-electron chi connectivity index (χ1n) is 12.5. The first-order chi connectivity index (χ1) is 17.8. The van der Waals surface area contributed by atoms with Crippen LogP contribution < -0.4 is 0 Å². The summed E-state index contributed by atoms with van der Waals surface area (Å²) in [5, 5.41) is 5.15. The van der Waals surface area contributed by atoms with Gasteiger partial charge in [0.05, 0.1) is 11.0 Å². The van der Waals surface area contributed by atoms with Crippen molar-refractivity contribution in [2.45, 2.75) is 6.42 Å². The van der Waals surface area contributed by atoms with Gasteiger partial charge in [0.2, 0.25) is 0 Å². The Morgan fingerprint density at radius 1 is 0.417 bits per heavy atom. The molecule has 6 aromatic carbocycles. The third kappa shape index (κ3) is 3.57. The van der Waals surface area contributed by atoms with Crippen LogP contribution in [0.4, 0.5) is 0 Å². The predicted molar refractivity (Wildman–Crippen MR) is 153 cm³/mol. The minimum Gasteiger partial charge on any atom is -0.309 e. The number of hydrogen-bond donors (Lipinski definition) is 0. The molecular formula is C35H25N. The van der Waals surface area contributed by atoms with Crippen molar-refractivity contribution in [1.82, 2.24) is 4.57 Å². The lowest BCUT2D eigenvalue weighted by Crippen LogP contribution is -1.95. The summed E-state index contributed by atoms with van der Waals surface area (Å²) in [7, 11) is 0. The molecule has 0 bridgehead atoms. The molecule has 36 heavy (non-hydrogen) atoms. The molecule has 0 aliphatic carbocycles. The van der Waals surface area contributed by atoms with Crippen LogP contribution in [0.3, 0.4) is 0 Å². The lowest BCUT2D eigenvalue weighted by Gasteiger charge is -2.10. The van der Waals surface area contributed by atoms with Gasteiger partial charge in [0.1, 0.15) is 0 Å². The van der Waals surface area contributed by atoms with Gasteiger partial charge in [-0.1, -0.05) is 109 Å². The normalized spacial score (nSPS) is 11.4. The van der Waals surface area contributed by atoms with E-state index in [9.17, 15) is 0 Å². The van der Waals surface area contributed by atoms with Crippen LogP contribution in [0.2, 0.25) is 0 Å². The quantitative estimate of drug-likeness (QED) is 0.247. The lowest BCUT2D eigenvalue weighted by molar-refractivity contribution is 1.15. The Bertz CT molecular complexity index is 1780. The van der Waals surface area contributed by atoms with E-state index in [0.717, 1.165) is 6.42 Å². The zero-order valence-electron chi connectivity index (χ0n) is 19.9. The van der Waals surface area contributed by atoms with Gasteiger partial charge in [0.25, 0.3) is 0 Å². The van der Waals surface area contributed by atoms with Crippen LogP contribution in [0.25, 0.3) is 49.4 Å². The highest BCUT2D eigenvalue weighted by atomic mass is 15.0. The van der Waals surface area contributed by atoms with Crippen LogP contribution in [0.5, 0.6) is 0 Å². The molecule has 0 radical (unpaired) electrons. The van der Waals surface area contributed by atoms with Gasteiger partial charge in [-0.3, -0.25) is 0 Å². The number of benzene rings is 6. The standard InChI is InChI=1S/C35H25N/c1-2-8-29-24-30(20-19-27(29)7-1)28-17-13-25(14-18-28)23-26-15-21-31(22-16-26)36-34-11-5-3-9-32(34)33-10-4-6-12-35(33)36/h1-22,24H,23H2. The maximum atomic E-state index is 2.37. The van der Waals surface area contributed by atoms with Gasteiger partial charge in [-0.25, -0.2) is 0 Å². The van der Waals surface area contributed by atoms with Crippen molar-refractivity contribution in [3.05, 3.63) is 151 Å². The summed E-state index contributed by atoms with van der Waals surface area (Å²) < 4.78 is 2.37. The minimum absolute atomic E-state index is 0.922. The van der Waals surface area contributed by atoms with E-state index in [1.165, 1.54) is 60.5 Å². The van der Waals surface area contributed by atoms with Gasteiger partial charge in [0, 0.05) is 16.5 Å². The van der Waals surface area contributed by atoms with Crippen LogP contribution in [-0.2, 0) is 6.42 Å². The topological polar surface area (TPSA) is 4.93 Å². The van der Waals surface area contributed by atoms with E-state index in [4.69, 9.17) is 0 Å². The molecule has 170 valence electrons. The summed E-state index contributed by atoms with van der Waals surface area (Å²) in [6.45, 7) is 0. The molecule has 0 fully saturated rings. The van der Waals surface area contributed by atoms with Gasteiger partial charge in [-0.15, -0.1) is 0 Å². The van der Waals surface area contributed by atoms with Crippen LogP contribution in [-0.4, -0.2) is 4.57 Å². The van der Waals surface area contributed by atoms with E-state index in [-0.39, 0.29) is 0 Å². The zero-order valence-corrected chi connectivity index (χ0v) is 19.9. The molecule has 0 N–H and O–H groups in total. The molecule has 0 amide bonds. The first kappa shape index (κ1) is 20.7. The zero-order chi connectivity index (χ0) is 23.9. The highest BCUT2D eigenvalue weighted by molar-refractivity contribution is 6.09. The molecule has 0 unspecified atom stereocenters. The summed E-state index contributed by atoms with van der Waals surface area (Å²) >= 11 is 0. The molecule has 0 aliphatic heterocycles. The molecule has 7 rings (SSSR count). The summed E-state index contributed by atoms with van der Waals surface area (Å²) in [5.41, 5.74) is 8.85. The third-order valence-corrected chi connectivity index (χ3v) is 7.22. The van der Waals surface area contributed by atoms with E-state index < -0.39 is 0 Å². The predicted octanol–water partition coefficient (Wildman–Crippen LogP) is 9.19. The monoisotopic (exact) mass is 459 g/mol. The molecular weight excluding hydrogens is 434 g/mol. The Hall–Kier alpha value is -4.62. The van der Waals surface area contributed by atoms with Gasteiger partial charge < -0.3 is 4.57 Å². The van der Waals surface area contributed by atoms with Crippen molar-refractivity contribution in [2.75, 3.05) is 0 Å². The summed E-state index contributed by atoms with van der Waals surface area (Å²) in [6, 6.07) is 50.5. The fraction of sp³-hybridized carbons (Fsp3) is 0.0286. The average Bonchev–Trinajstić information content (AvgIpc) is 3.28. The number of para-hydroxylation sites is 2. The second-order valence-electron chi connectivity index (χ2n) is 9.47. The molecule has 0 atom stereocenters. The molecule has 0 saturated heterocycles. The number of fused-ring (bicyclic) bond motifs is 4. The van der Waals surface area contributed by atoms with Crippen molar-refractivity contribution < 1.29 is 0 Å². The molecule has 1 nitrogen and oxygen atoms in total. The lowest BCUT2D eigenvalue weighted by atomic mass is 9.98. The molecule has 0 saturated carbocycles. The van der Waals surface area contributed by atoms with Crippen LogP contribution in [0.15, 0.2) is 140 Å². The molecule has 1 heteroatoms. The van der Waals surface area contributed by atoms with Crippen molar-refractivity contribution in [3.63, 3.8) is 0 Å². The molecule has 1 heterocycles. The van der Waals surface area contributed by atoms with Crippen molar-refractivity contribution >= 4 is 32.6 Å². The molecule has 1 aromatic heterocycles. The van der Waals surface area contributed by atoms with E-state index >= 15 is 0 Å². The summed E-state index contributed by atoms with van der Waals surface area (Å²) in [5.74, 6) is 0. The SMILES string of the molecule is c1ccc2cc(-c3ccc(Cc4ccc(-n5c6ccccc6c6ccccc65)cc4)cc3)ccc2c1. The summed E-state index contributed by atoms with van der Waals surface area (Å²) in [4.78, 5) is 0. The number of aromatic nitrogens is 1. The van der Waals surface area contributed by atoms with E-state index in [0.29, 0.717) is 0 Å². The fourth-order valence-electron chi connectivity index (χ4n) is 5.38. The highest BCUT2D eigenvalue weighted by Crippen LogP contribution is 2.32. The smallest absolute Gasteiger partial charge is 0.0541 e. The second-order valence-corrected chi connectivity index (χ2v) is 9.47. The molecule has 0 aliphatic rings.